The van der Waals surface area contributed by atoms with Crippen molar-refractivity contribution < 1.29 is 0 Å². The van der Waals surface area contributed by atoms with Crippen LogP contribution in [0.3, 0.4) is 0 Å². The second-order valence-corrected chi connectivity index (χ2v) is 2.51. The summed E-state index contributed by atoms with van der Waals surface area (Å²) >= 11 is 0. The Balaban J connectivity index is 2.57. The minimum absolute atomic E-state index is 0.201. The molecule has 3 heteroatoms. The van der Waals surface area contributed by atoms with Gasteiger partial charge in [0, 0.05) is 19.3 Å². The Morgan fingerprint density at radius 3 is 2.18 bits per heavy atom. The van der Waals surface area contributed by atoms with Crippen LogP contribution in [-0.4, -0.2) is 18.0 Å². The van der Waals surface area contributed by atoms with Crippen LogP contribution in [0.1, 0.15) is 12.8 Å². The lowest BCUT2D eigenvalue weighted by Gasteiger charge is -2.09. The summed E-state index contributed by atoms with van der Waals surface area (Å²) in [5.41, 5.74) is 0.201. The lowest BCUT2D eigenvalue weighted by atomic mass is 10.3. The molecule has 0 bridgehead atoms. The average molecular weight is 147 g/mol. The third-order valence-electron chi connectivity index (χ3n) is 1.69. The standard InChI is InChI=1S/C8H9N3/c9-5-8(6-10)7-11-3-1-2-4-11/h7H,1-4H2. The minimum atomic E-state index is 0.201. The van der Waals surface area contributed by atoms with Gasteiger partial charge in [0.25, 0.3) is 0 Å². The first kappa shape index (κ1) is 7.63. The Bertz CT molecular complexity index is 219. The number of hydrogen-bond donors (Lipinski definition) is 0. The van der Waals surface area contributed by atoms with Gasteiger partial charge in [0.2, 0.25) is 0 Å². The summed E-state index contributed by atoms with van der Waals surface area (Å²) in [4.78, 5) is 2.02. The summed E-state index contributed by atoms with van der Waals surface area (Å²) in [6.45, 7) is 1.96. The van der Waals surface area contributed by atoms with Crippen molar-refractivity contribution in [2.24, 2.45) is 0 Å². The summed E-state index contributed by atoms with van der Waals surface area (Å²) in [7, 11) is 0. The molecule has 0 amide bonds. The van der Waals surface area contributed by atoms with Crippen LogP contribution in [0.2, 0.25) is 0 Å². The molecule has 11 heavy (non-hydrogen) atoms. The highest BCUT2D eigenvalue weighted by Crippen LogP contribution is 2.08. The number of nitrogens with zero attached hydrogens (tertiary/aromatic N) is 3. The zero-order chi connectivity index (χ0) is 8.10. The molecule has 0 aromatic heterocycles. The fourth-order valence-electron chi connectivity index (χ4n) is 1.14. The fourth-order valence-corrected chi connectivity index (χ4v) is 1.14. The van der Waals surface area contributed by atoms with Crippen molar-refractivity contribution in [3.05, 3.63) is 11.8 Å². The van der Waals surface area contributed by atoms with Crippen LogP contribution in [0.5, 0.6) is 0 Å². The lowest BCUT2D eigenvalue weighted by molar-refractivity contribution is 0.466. The maximum absolute atomic E-state index is 8.42. The molecule has 0 saturated carbocycles. The van der Waals surface area contributed by atoms with E-state index in [1.807, 2.05) is 17.0 Å². The first-order valence-corrected chi connectivity index (χ1v) is 3.63. The molecule has 0 aromatic carbocycles. The molecule has 1 aliphatic rings. The fraction of sp³-hybridized carbons (Fsp3) is 0.500. The highest BCUT2D eigenvalue weighted by Gasteiger charge is 2.07. The summed E-state index contributed by atoms with van der Waals surface area (Å²) in [5.74, 6) is 0. The van der Waals surface area contributed by atoms with Gasteiger partial charge in [-0.2, -0.15) is 10.5 Å². The van der Waals surface area contributed by atoms with Gasteiger partial charge >= 0.3 is 0 Å². The van der Waals surface area contributed by atoms with Gasteiger partial charge in [0.1, 0.15) is 17.7 Å². The zero-order valence-electron chi connectivity index (χ0n) is 6.25. The molecule has 1 rings (SSSR count). The molecule has 1 fully saturated rings. The second kappa shape index (κ2) is 3.63. The molecule has 0 atom stereocenters. The van der Waals surface area contributed by atoms with E-state index in [2.05, 4.69) is 0 Å². The Morgan fingerprint density at radius 2 is 1.73 bits per heavy atom. The minimum Gasteiger partial charge on any atom is -0.376 e. The van der Waals surface area contributed by atoms with Gasteiger partial charge in [0.05, 0.1) is 0 Å². The molecular formula is C8H9N3. The smallest absolute Gasteiger partial charge is 0.145 e. The average Bonchev–Trinajstić information content (AvgIpc) is 2.52. The largest absolute Gasteiger partial charge is 0.376 e. The molecule has 0 unspecified atom stereocenters. The summed E-state index contributed by atoms with van der Waals surface area (Å²) in [6, 6.07) is 3.67. The van der Waals surface area contributed by atoms with E-state index in [1.165, 1.54) is 12.8 Å². The van der Waals surface area contributed by atoms with Gasteiger partial charge in [-0.05, 0) is 12.8 Å². The third kappa shape index (κ3) is 1.98. The van der Waals surface area contributed by atoms with Crippen LogP contribution < -0.4 is 0 Å². The van der Waals surface area contributed by atoms with E-state index in [9.17, 15) is 0 Å². The van der Waals surface area contributed by atoms with Crippen LogP contribution >= 0.6 is 0 Å². The molecule has 0 aliphatic carbocycles. The topological polar surface area (TPSA) is 50.8 Å². The molecule has 0 radical (unpaired) electrons. The summed E-state index contributed by atoms with van der Waals surface area (Å²) in [6.07, 6.45) is 3.98. The second-order valence-electron chi connectivity index (χ2n) is 2.51. The highest BCUT2D eigenvalue weighted by molar-refractivity contribution is 5.34. The molecule has 1 heterocycles. The van der Waals surface area contributed by atoms with Crippen molar-refractivity contribution in [1.82, 2.24) is 4.90 Å². The first-order chi connectivity index (χ1) is 5.36. The number of allylic oxidation sites excluding steroid dienone is 1. The SMILES string of the molecule is N#CC(C#N)=CN1CCCC1. The van der Waals surface area contributed by atoms with Crippen LogP contribution in [0.15, 0.2) is 11.8 Å². The normalized spacial score (nSPS) is 15.3. The molecule has 0 aromatic rings. The van der Waals surface area contributed by atoms with Crippen molar-refractivity contribution in [2.45, 2.75) is 12.8 Å². The quantitative estimate of drug-likeness (QED) is 0.520. The number of likely N-dealkylation sites (tertiary alicyclic amines) is 1. The van der Waals surface area contributed by atoms with Gasteiger partial charge in [0.15, 0.2) is 0 Å². The molecule has 0 spiro atoms. The molecule has 0 N–H and O–H groups in total. The van der Waals surface area contributed by atoms with Gasteiger partial charge in [-0.1, -0.05) is 0 Å². The van der Waals surface area contributed by atoms with E-state index in [4.69, 9.17) is 10.5 Å². The van der Waals surface area contributed by atoms with Crippen molar-refractivity contribution in [1.29, 1.82) is 10.5 Å². The highest BCUT2D eigenvalue weighted by atomic mass is 15.1. The first-order valence-electron chi connectivity index (χ1n) is 3.63. The van der Waals surface area contributed by atoms with Crippen molar-refractivity contribution in [2.75, 3.05) is 13.1 Å². The Morgan fingerprint density at radius 1 is 1.18 bits per heavy atom. The monoisotopic (exact) mass is 147 g/mol. The summed E-state index contributed by atoms with van der Waals surface area (Å²) in [5, 5.41) is 16.8. The lowest BCUT2D eigenvalue weighted by Crippen LogP contribution is -2.11. The van der Waals surface area contributed by atoms with Crippen molar-refractivity contribution in [3.63, 3.8) is 0 Å². The van der Waals surface area contributed by atoms with E-state index in [0.717, 1.165) is 13.1 Å². The van der Waals surface area contributed by atoms with E-state index >= 15 is 0 Å². The predicted molar refractivity (Wildman–Crippen MR) is 40.1 cm³/mol. The van der Waals surface area contributed by atoms with Gasteiger partial charge < -0.3 is 4.90 Å². The molecule has 56 valence electrons. The molecular weight excluding hydrogens is 138 g/mol. The van der Waals surface area contributed by atoms with E-state index in [1.54, 1.807) is 6.20 Å². The Kier molecular flexibility index (Phi) is 2.52. The Hall–Kier alpha value is -1.48. The maximum Gasteiger partial charge on any atom is 0.145 e. The number of hydrogen-bond acceptors (Lipinski definition) is 3. The van der Waals surface area contributed by atoms with E-state index in [0.29, 0.717) is 0 Å². The van der Waals surface area contributed by atoms with E-state index < -0.39 is 0 Å². The molecule has 3 nitrogen and oxygen atoms in total. The number of nitriles is 2. The Labute approximate surface area is 66.1 Å². The zero-order valence-corrected chi connectivity index (χ0v) is 6.25. The van der Waals surface area contributed by atoms with Crippen LogP contribution in [0.4, 0.5) is 0 Å². The number of rotatable bonds is 1. The van der Waals surface area contributed by atoms with Crippen LogP contribution in [-0.2, 0) is 0 Å². The van der Waals surface area contributed by atoms with Gasteiger partial charge in [-0.15, -0.1) is 0 Å². The van der Waals surface area contributed by atoms with Gasteiger partial charge in [-0.3, -0.25) is 0 Å². The van der Waals surface area contributed by atoms with Crippen molar-refractivity contribution >= 4 is 0 Å². The van der Waals surface area contributed by atoms with E-state index in [-0.39, 0.29) is 5.57 Å². The maximum atomic E-state index is 8.42. The predicted octanol–water partition coefficient (Wildman–Crippen LogP) is 1.01. The molecule has 1 saturated heterocycles. The molecule has 1 aliphatic heterocycles. The summed E-state index contributed by atoms with van der Waals surface area (Å²) < 4.78 is 0. The van der Waals surface area contributed by atoms with Gasteiger partial charge in [-0.25, -0.2) is 0 Å². The van der Waals surface area contributed by atoms with Crippen LogP contribution in [0.25, 0.3) is 0 Å². The van der Waals surface area contributed by atoms with Crippen LogP contribution in [0, 0.1) is 22.7 Å². The third-order valence-corrected chi connectivity index (χ3v) is 1.69. The van der Waals surface area contributed by atoms with Crippen molar-refractivity contribution in [3.8, 4) is 12.1 Å².